The van der Waals surface area contributed by atoms with Gasteiger partial charge in [0.15, 0.2) is 5.69 Å². The van der Waals surface area contributed by atoms with Gasteiger partial charge in [0.1, 0.15) is 0 Å². The van der Waals surface area contributed by atoms with E-state index >= 15 is 0 Å². The van der Waals surface area contributed by atoms with Crippen molar-refractivity contribution in [3.8, 4) is 0 Å². The summed E-state index contributed by atoms with van der Waals surface area (Å²) < 4.78 is 1.40. The van der Waals surface area contributed by atoms with E-state index in [1.165, 1.54) is 4.68 Å². The van der Waals surface area contributed by atoms with Crippen molar-refractivity contribution < 1.29 is 9.59 Å². The molecule has 1 aromatic heterocycles. The lowest BCUT2D eigenvalue weighted by Gasteiger charge is -2.32. The minimum Gasteiger partial charge on any atom is -0.356 e. The molecule has 7 nitrogen and oxygen atoms in total. The zero-order valence-electron chi connectivity index (χ0n) is 17.5. The van der Waals surface area contributed by atoms with Gasteiger partial charge in [-0.25, -0.2) is 4.68 Å². The average Bonchev–Trinajstić information content (AvgIpc) is 2.73. The van der Waals surface area contributed by atoms with Crippen LogP contribution >= 0.6 is 0 Å². The van der Waals surface area contributed by atoms with Gasteiger partial charge in [-0.2, -0.15) is 5.10 Å². The second kappa shape index (κ2) is 9.20. The van der Waals surface area contributed by atoms with Crippen molar-refractivity contribution in [2.75, 3.05) is 19.6 Å². The van der Waals surface area contributed by atoms with Gasteiger partial charge in [0.05, 0.1) is 11.3 Å². The molecule has 1 atom stereocenters. The van der Waals surface area contributed by atoms with Crippen LogP contribution in [-0.2, 0) is 11.3 Å². The van der Waals surface area contributed by atoms with Crippen LogP contribution in [0.2, 0.25) is 0 Å². The highest BCUT2D eigenvalue weighted by Crippen LogP contribution is 2.21. The van der Waals surface area contributed by atoms with Crippen LogP contribution in [-0.4, -0.2) is 46.1 Å². The van der Waals surface area contributed by atoms with Gasteiger partial charge in [0, 0.05) is 31.6 Å². The van der Waals surface area contributed by atoms with Crippen LogP contribution in [0.5, 0.6) is 0 Å². The lowest BCUT2D eigenvalue weighted by atomic mass is 9.96. The van der Waals surface area contributed by atoms with E-state index in [0.717, 1.165) is 19.3 Å². The van der Waals surface area contributed by atoms with Gasteiger partial charge in [-0.15, -0.1) is 0 Å². The van der Waals surface area contributed by atoms with Crippen molar-refractivity contribution in [2.24, 2.45) is 11.8 Å². The Labute approximate surface area is 171 Å². The number of hydrogen-bond donors (Lipinski definition) is 1. The molecule has 1 N–H and O–H groups in total. The van der Waals surface area contributed by atoms with Crippen LogP contribution in [0, 0.1) is 11.8 Å². The molecular weight excluding hydrogens is 368 g/mol. The highest BCUT2D eigenvalue weighted by Gasteiger charge is 2.30. The summed E-state index contributed by atoms with van der Waals surface area (Å²) in [6.45, 7) is 8.11. The Hall–Kier alpha value is -2.70. The minimum atomic E-state index is -0.216. The van der Waals surface area contributed by atoms with Crippen LogP contribution in [0.1, 0.15) is 50.5 Å². The summed E-state index contributed by atoms with van der Waals surface area (Å²) in [4.78, 5) is 40.2. The van der Waals surface area contributed by atoms with Crippen LogP contribution in [0.15, 0.2) is 29.1 Å². The molecule has 1 aliphatic rings. The Bertz CT molecular complexity index is 951. The van der Waals surface area contributed by atoms with Gasteiger partial charge in [-0.3, -0.25) is 14.4 Å². The number of benzene rings is 1. The molecule has 1 unspecified atom stereocenters. The van der Waals surface area contributed by atoms with E-state index in [0.29, 0.717) is 37.0 Å². The van der Waals surface area contributed by atoms with Crippen molar-refractivity contribution in [2.45, 2.75) is 46.6 Å². The molecule has 1 aromatic carbocycles. The van der Waals surface area contributed by atoms with E-state index < -0.39 is 0 Å². The number of fused-ring (bicyclic) bond motifs is 1. The molecule has 2 heterocycles. The Morgan fingerprint density at radius 2 is 1.97 bits per heavy atom. The second-order valence-corrected chi connectivity index (χ2v) is 8.16. The normalized spacial score (nSPS) is 17.0. The van der Waals surface area contributed by atoms with Crippen LogP contribution in [0.4, 0.5) is 0 Å². The first-order valence-corrected chi connectivity index (χ1v) is 10.5. The quantitative estimate of drug-likeness (QED) is 0.810. The number of carbonyl (C=O) groups excluding carboxylic acids is 2. The van der Waals surface area contributed by atoms with E-state index in [9.17, 15) is 14.4 Å². The molecule has 0 radical (unpaired) electrons. The summed E-state index contributed by atoms with van der Waals surface area (Å²) in [5, 5.41) is 8.45. The lowest BCUT2D eigenvalue weighted by Crippen LogP contribution is -2.46. The van der Waals surface area contributed by atoms with Crippen molar-refractivity contribution >= 4 is 22.6 Å². The molecular formula is C22H30N4O3. The number of likely N-dealkylation sites (tertiary alicyclic amines) is 1. The Morgan fingerprint density at radius 1 is 1.24 bits per heavy atom. The third-order valence-corrected chi connectivity index (χ3v) is 5.24. The number of carbonyl (C=O) groups is 2. The summed E-state index contributed by atoms with van der Waals surface area (Å²) in [5.41, 5.74) is 0.108. The molecule has 156 valence electrons. The highest BCUT2D eigenvalue weighted by molar-refractivity contribution is 6.05. The fourth-order valence-electron chi connectivity index (χ4n) is 3.78. The van der Waals surface area contributed by atoms with Gasteiger partial charge in [0.2, 0.25) is 5.91 Å². The molecule has 0 spiro atoms. The molecule has 0 bridgehead atoms. The summed E-state index contributed by atoms with van der Waals surface area (Å²) in [5.74, 6) is -0.184. The SMILES string of the molecule is CCCNC(=O)C1CCCN(C(=O)c2nn(CC(C)C)c(=O)c3ccccc23)C1. The number of nitrogens with zero attached hydrogens (tertiary/aromatic N) is 3. The van der Waals surface area contributed by atoms with E-state index in [2.05, 4.69) is 10.4 Å². The van der Waals surface area contributed by atoms with Gasteiger partial charge in [-0.1, -0.05) is 39.0 Å². The Balaban J connectivity index is 1.93. The zero-order valence-corrected chi connectivity index (χ0v) is 17.5. The maximum absolute atomic E-state index is 13.4. The van der Waals surface area contributed by atoms with E-state index in [4.69, 9.17) is 0 Å². The average molecular weight is 399 g/mol. The van der Waals surface area contributed by atoms with Gasteiger partial charge in [-0.05, 0) is 31.2 Å². The number of nitrogens with one attached hydrogen (secondary N) is 1. The number of hydrogen-bond acceptors (Lipinski definition) is 4. The fraction of sp³-hybridized carbons (Fsp3) is 0.545. The minimum absolute atomic E-state index is 0.00643. The molecule has 3 rings (SSSR count). The fourth-order valence-corrected chi connectivity index (χ4v) is 3.78. The van der Waals surface area contributed by atoms with Crippen molar-refractivity contribution in [1.82, 2.24) is 20.0 Å². The largest absolute Gasteiger partial charge is 0.356 e. The molecule has 29 heavy (non-hydrogen) atoms. The molecule has 2 aromatic rings. The molecule has 0 aliphatic carbocycles. The van der Waals surface area contributed by atoms with E-state index in [1.54, 1.807) is 23.1 Å². The van der Waals surface area contributed by atoms with Crippen molar-refractivity contribution in [3.63, 3.8) is 0 Å². The summed E-state index contributed by atoms with van der Waals surface area (Å²) >= 11 is 0. The van der Waals surface area contributed by atoms with Gasteiger partial charge in [0.25, 0.3) is 11.5 Å². The van der Waals surface area contributed by atoms with Crippen LogP contribution < -0.4 is 10.9 Å². The predicted octanol–water partition coefficient (Wildman–Crippen LogP) is 2.43. The standard InChI is InChI=1S/C22H30N4O3/c1-4-11-23-20(27)16-8-7-12-25(14-16)22(29)19-17-9-5-6-10-18(17)21(28)26(24-19)13-15(2)3/h5-6,9-10,15-16H,4,7-8,11-14H2,1-3H3,(H,23,27). The van der Waals surface area contributed by atoms with E-state index in [1.807, 2.05) is 26.8 Å². The topological polar surface area (TPSA) is 84.3 Å². The second-order valence-electron chi connectivity index (χ2n) is 8.16. The van der Waals surface area contributed by atoms with Crippen LogP contribution in [0.25, 0.3) is 10.8 Å². The monoisotopic (exact) mass is 398 g/mol. The highest BCUT2D eigenvalue weighted by atomic mass is 16.2. The first-order valence-electron chi connectivity index (χ1n) is 10.5. The van der Waals surface area contributed by atoms with Crippen molar-refractivity contribution in [3.05, 3.63) is 40.3 Å². The number of aromatic nitrogens is 2. The molecule has 0 saturated carbocycles. The smallest absolute Gasteiger partial charge is 0.274 e. The Kier molecular flexibility index (Phi) is 6.67. The molecule has 7 heteroatoms. The van der Waals surface area contributed by atoms with Crippen molar-refractivity contribution in [1.29, 1.82) is 0 Å². The molecule has 1 saturated heterocycles. The number of rotatable bonds is 6. The summed E-state index contributed by atoms with van der Waals surface area (Å²) in [7, 11) is 0. The lowest BCUT2D eigenvalue weighted by molar-refractivity contribution is -0.126. The maximum Gasteiger partial charge on any atom is 0.274 e. The maximum atomic E-state index is 13.4. The molecule has 1 fully saturated rings. The van der Waals surface area contributed by atoms with Crippen LogP contribution in [0.3, 0.4) is 0 Å². The third-order valence-electron chi connectivity index (χ3n) is 5.24. The molecule has 2 amide bonds. The number of amides is 2. The first-order chi connectivity index (χ1) is 13.9. The van der Waals surface area contributed by atoms with Gasteiger partial charge < -0.3 is 10.2 Å². The summed E-state index contributed by atoms with van der Waals surface area (Å²) in [6, 6.07) is 7.12. The molecule has 1 aliphatic heterocycles. The predicted molar refractivity (Wildman–Crippen MR) is 113 cm³/mol. The Morgan fingerprint density at radius 3 is 2.66 bits per heavy atom. The third kappa shape index (κ3) is 4.66. The zero-order chi connectivity index (χ0) is 21.0. The first kappa shape index (κ1) is 21.0. The summed E-state index contributed by atoms with van der Waals surface area (Å²) in [6.07, 6.45) is 2.44. The van der Waals surface area contributed by atoms with E-state index in [-0.39, 0.29) is 34.9 Å². The number of piperidine rings is 1. The van der Waals surface area contributed by atoms with Gasteiger partial charge >= 0.3 is 0 Å².